The van der Waals surface area contributed by atoms with Gasteiger partial charge < -0.3 is 29.6 Å². The summed E-state index contributed by atoms with van der Waals surface area (Å²) in [5.74, 6) is -0.821. The third-order valence-corrected chi connectivity index (χ3v) is 10.3. The van der Waals surface area contributed by atoms with Gasteiger partial charge in [-0.3, -0.25) is 0 Å². The fraction of sp³-hybridized carbons (Fsp3) is 0.778. The summed E-state index contributed by atoms with van der Waals surface area (Å²) in [6, 6.07) is 0. The molecule has 3 aliphatic rings. The Morgan fingerprint density at radius 1 is 0.587 bits per heavy atom. The first-order valence-electron chi connectivity index (χ1n) is 17.4. The van der Waals surface area contributed by atoms with E-state index in [0.29, 0.717) is 0 Å². The van der Waals surface area contributed by atoms with Crippen LogP contribution < -0.4 is 10.6 Å². The summed E-state index contributed by atoms with van der Waals surface area (Å²) >= 11 is 0. The van der Waals surface area contributed by atoms with Crippen molar-refractivity contribution in [3.05, 3.63) is 24.3 Å². The highest BCUT2D eigenvalue weighted by Gasteiger charge is 2.41. The van der Waals surface area contributed by atoms with Gasteiger partial charge in [0.05, 0.1) is 11.1 Å². The molecule has 3 fully saturated rings. The van der Waals surface area contributed by atoms with Crippen molar-refractivity contribution >= 4 is 24.1 Å². The minimum Gasteiger partial charge on any atom is -0.459 e. The molecule has 10 nitrogen and oxygen atoms in total. The van der Waals surface area contributed by atoms with Crippen LogP contribution in [0, 0.1) is 11.8 Å². The first-order valence-corrected chi connectivity index (χ1v) is 17.4. The number of ether oxygens (including phenoxy) is 4. The number of amides is 2. The smallest absolute Gasteiger partial charge is 0.408 e. The van der Waals surface area contributed by atoms with Crippen molar-refractivity contribution in [1.82, 2.24) is 10.6 Å². The van der Waals surface area contributed by atoms with E-state index in [2.05, 4.69) is 23.8 Å². The topological polar surface area (TPSA) is 129 Å². The molecule has 0 saturated heterocycles. The Morgan fingerprint density at radius 3 is 1.28 bits per heavy atom. The van der Waals surface area contributed by atoms with Crippen LogP contribution in [0.1, 0.15) is 131 Å². The molecule has 0 heterocycles. The fourth-order valence-electron chi connectivity index (χ4n) is 6.91. The third kappa shape index (κ3) is 11.0. The lowest BCUT2D eigenvalue weighted by Gasteiger charge is -2.45. The number of nitrogens with one attached hydrogen (secondary N) is 2. The van der Waals surface area contributed by atoms with Gasteiger partial charge in [-0.25, -0.2) is 19.2 Å². The van der Waals surface area contributed by atoms with Gasteiger partial charge in [0.25, 0.3) is 0 Å². The molecule has 0 aliphatic heterocycles. The minimum atomic E-state index is -0.826. The SMILES string of the molecule is C=C(C(=O)OC1CCCCC1)C(C)OC(=O)NC(C)(C)C1CCCC(C(C)(C)NC(=O)OC(C)C(=C)C(=O)OC2CCCCC2)C1. The minimum absolute atomic E-state index is 0.101. The summed E-state index contributed by atoms with van der Waals surface area (Å²) in [4.78, 5) is 51.0. The van der Waals surface area contributed by atoms with Gasteiger partial charge in [-0.1, -0.05) is 32.4 Å². The van der Waals surface area contributed by atoms with Gasteiger partial charge in [-0.15, -0.1) is 0 Å². The zero-order valence-electron chi connectivity index (χ0n) is 29.0. The van der Waals surface area contributed by atoms with E-state index in [1.807, 2.05) is 27.7 Å². The lowest BCUT2D eigenvalue weighted by Crippen LogP contribution is -2.55. The summed E-state index contributed by atoms with van der Waals surface area (Å²) in [5, 5.41) is 6.01. The van der Waals surface area contributed by atoms with Crippen LogP contribution in [0.3, 0.4) is 0 Å². The van der Waals surface area contributed by atoms with E-state index in [1.165, 1.54) is 0 Å². The highest BCUT2D eigenvalue weighted by Crippen LogP contribution is 2.40. The van der Waals surface area contributed by atoms with Gasteiger partial charge >= 0.3 is 24.1 Å². The third-order valence-electron chi connectivity index (χ3n) is 10.3. The first-order chi connectivity index (χ1) is 21.6. The normalized spacial score (nSPS) is 22.8. The summed E-state index contributed by atoms with van der Waals surface area (Å²) in [5.41, 5.74) is -0.980. The number of rotatable bonds is 12. The number of hydrogen-bond donors (Lipinski definition) is 2. The van der Waals surface area contributed by atoms with Crippen molar-refractivity contribution in [3.63, 3.8) is 0 Å². The molecule has 3 saturated carbocycles. The van der Waals surface area contributed by atoms with Gasteiger partial charge in [0.15, 0.2) is 0 Å². The van der Waals surface area contributed by atoms with Crippen LogP contribution in [0.5, 0.6) is 0 Å². The van der Waals surface area contributed by atoms with Crippen LogP contribution in [-0.2, 0) is 28.5 Å². The van der Waals surface area contributed by atoms with E-state index in [-0.39, 0.29) is 35.2 Å². The quantitative estimate of drug-likeness (QED) is 0.127. The molecule has 4 atom stereocenters. The van der Waals surface area contributed by atoms with Crippen LogP contribution in [0.15, 0.2) is 24.3 Å². The molecule has 260 valence electrons. The summed E-state index contributed by atoms with van der Waals surface area (Å²) in [7, 11) is 0. The van der Waals surface area contributed by atoms with Gasteiger partial charge in [-0.2, -0.15) is 0 Å². The molecule has 46 heavy (non-hydrogen) atoms. The van der Waals surface area contributed by atoms with E-state index in [1.54, 1.807) is 13.8 Å². The van der Waals surface area contributed by atoms with Crippen molar-refractivity contribution in [2.75, 3.05) is 0 Å². The largest absolute Gasteiger partial charge is 0.459 e. The second-order valence-electron chi connectivity index (χ2n) is 14.7. The van der Waals surface area contributed by atoms with Crippen molar-refractivity contribution in [2.45, 2.75) is 167 Å². The maximum atomic E-state index is 12.9. The highest BCUT2D eigenvalue weighted by molar-refractivity contribution is 5.90. The number of hydrogen-bond acceptors (Lipinski definition) is 8. The molecule has 10 heteroatoms. The molecule has 4 unspecified atom stereocenters. The Balaban J connectivity index is 1.47. The van der Waals surface area contributed by atoms with E-state index in [9.17, 15) is 19.2 Å². The molecule has 2 N–H and O–H groups in total. The molecular weight excluding hydrogens is 588 g/mol. The number of carbonyl (C=O) groups excluding carboxylic acids is 4. The monoisotopic (exact) mass is 646 g/mol. The van der Waals surface area contributed by atoms with Gasteiger partial charge in [0, 0.05) is 11.1 Å². The molecule has 0 spiro atoms. The molecule has 0 bridgehead atoms. The van der Waals surface area contributed by atoms with Gasteiger partial charge in [-0.05, 0) is 124 Å². The van der Waals surface area contributed by atoms with Crippen LogP contribution in [0.25, 0.3) is 0 Å². The average Bonchev–Trinajstić information content (AvgIpc) is 3.00. The first kappa shape index (κ1) is 37.4. The zero-order valence-corrected chi connectivity index (χ0v) is 29.0. The lowest BCUT2D eigenvalue weighted by atomic mass is 9.67. The Hall–Kier alpha value is -3.04. The van der Waals surface area contributed by atoms with E-state index in [4.69, 9.17) is 18.9 Å². The van der Waals surface area contributed by atoms with Crippen molar-refractivity contribution in [3.8, 4) is 0 Å². The molecule has 0 aromatic heterocycles. The van der Waals surface area contributed by atoms with Crippen molar-refractivity contribution in [1.29, 1.82) is 0 Å². The summed E-state index contributed by atoms with van der Waals surface area (Å²) in [6.45, 7) is 18.8. The number of esters is 2. The van der Waals surface area contributed by atoms with Gasteiger partial charge in [0.2, 0.25) is 0 Å². The molecular formula is C36H58N2O8. The second kappa shape index (κ2) is 16.7. The Morgan fingerprint density at radius 2 is 0.935 bits per heavy atom. The molecule has 0 radical (unpaired) electrons. The maximum Gasteiger partial charge on any atom is 0.408 e. The molecule has 0 aromatic carbocycles. The molecule has 0 aromatic rings. The Bertz CT molecular complexity index is 1020. The fourth-order valence-corrected chi connectivity index (χ4v) is 6.91. The van der Waals surface area contributed by atoms with E-state index < -0.39 is 47.4 Å². The summed E-state index contributed by atoms with van der Waals surface area (Å²) < 4.78 is 22.3. The standard InChI is InChI=1S/C36H58N2O8/c1-23(31(39)45-29-18-11-9-12-19-29)25(3)43-33(41)37-35(5,6)27-16-15-17-28(22-27)36(7,8)38-34(42)44-26(4)24(2)32(40)46-30-20-13-10-14-21-30/h25-30H,1-2,9-22H2,3-8H3,(H,37,41)(H,38,42). The maximum absolute atomic E-state index is 12.9. The van der Waals surface area contributed by atoms with Gasteiger partial charge in [0.1, 0.15) is 24.4 Å². The van der Waals surface area contributed by atoms with Crippen molar-refractivity contribution in [2.24, 2.45) is 11.8 Å². The second-order valence-corrected chi connectivity index (χ2v) is 14.7. The predicted molar refractivity (Wildman–Crippen MR) is 176 cm³/mol. The zero-order chi connectivity index (χ0) is 34.1. The van der Waals surface area contributed by atoms with Crippen LogP contribution in [-0.4, -0.2) is 59.6 Å². The van der Waals surface area contributed by atoms with E-state index >= 15 is 0 Å². The Labute approximate surface area is 275 Å². The average molecular weight is 647 g/mol. The number of carbonyl (C=O) groups is 4. The van der Waals surface area contributed by atoms with Crippen LogP contribution in [0.4, 0.5) is 9.59 Å². The van der Waals surface area contributed by atoms with Crippen molar-refractivity contribution < 1.29 is 38.1 Å². The Kier molecular flexibility index (Phi) is 13.6. The van der Waals surface area contributed by atoms with Crippen LogP contribution >= 0.6 is 0 Å². The lowest BCUT2D eigenvalue weighted by molar-refractivity contribution is -0.147. The molecule has 3 rings (SSSR count). The predicted octanol–water partition coefficient (Wildman–Crippen LogP) is 7.44. The number of alkyl carbamates (subject to hydrolysis) is 2. The summed E-state index contributed by atoms with van der Waals surface area (Å²) in [6.07, 6.45) is 10.3. The van der Waals surface area contributed by atoms with E-state index in [0.717, 1.165) is 89.9 Å². The molecule has 3 aliphatic carbocycles. The highest BCUT2D eigenvalue weighted by atomic mass is 16.6. The molecule has 2 amide bonds. The van der Waals surface area contributed by atoms with Crippen LogP contribution in [0.2, 0.25) is 0 Å².